The monoisotopic (exact) mass is 620 g/mol. The van der Waals surface area contributed by atoms with Gasteiger partial charge in [0.1, 0.15) is 22.2 Å². The van der Waals surface area contributed by atoms with Crippen LogP contribution in [-0.4, -0.2) is 50.2 Å². The molecule has 0 fully saturated rings. The third-order valence-electron chi connectivity index (χ3n) is 7.47. The summed E-state index contributed by atoms with van der Waals surface area (Å²) >= 11 is 1.54. The minimum Gasteiger partial charge on any atom is -0.455 e. The van der Waals surface area contributed by atoms with Crippen molar-refractivity contribution in [1.82, 2.24) is 15.3 Å². The second kappa shape index (κ2) is 10.5. The van der Waals surface area contributed by atoms with Crippen molar-refractivity contribution in [3.05, 3.63) is 76.8 Å². The number of amides is 1. The number of thiazole rings is 1. The molecule has 9 nitrogen and oxygen atoms in total. The van der Waals surface area contributed by atoms with Crippen LogP contribution in [0.2, 0.25) is 0 Å². The summed E-state index contributed by atoms with van der Waals surface area (Å²) in [6.45, 7) is 4.57. The standard InChI is InChI=1S/C31H29FN4O5S2/c1-31(2)13-23-26(16-40-31)42-30(35-23)19-10-18(14-34-15-19)21-11-22-25(12-24(21)36(4)43(5,38)39)41-28(27(22)29(37)33-3)17-6-8-20(32)9-7-17/h6-12,14-15H,13,16H2,1-5H3,(H,33,37). The van der Waals surface area contributed by atoms with E-state index < -0.39 is 21.7 Å². The van der Waals surface area contributed by atoms with E-state index in [0.29, 0.717) is 46.4 Å². The molecule has 0 spiro atoms. The molecule has 43 heavy (non-hydrogen) atoms. The molecule has 5 aromatic rings. The molecule has 4 heterocycles. The van der Waals surface area contributed by atoms with Gasteiger partial charge >= 0.3 is 0 Å². The predicted molar refractivity (Wildman–Crippen MR) is 165 cm³/mol. The van der Waals surface area contributed by atoms with E-state index in [9.17, 15) is 17.6 Å². The van der Waals surface area contributed by atoms with Gasteiger partial charge in [-0.05, 0) is 50.2 Å². The molecule has 0 saturated heterocycles. The average molecular weight is 621 g/mol. The second-order valence-electron chi connectivity index (χ2n) is 11.1. The number of furan rings is 1. The second-order valence-corrected chi connectivity index (χ2v) is 14.2. The highest BCUT2D eigenvalue weighted by molar-refractivity contribution is 7.92. The molecule has 1 amide bonds. The van der Waals surface area contributed by atoms with E-state index in [1.807, 2.05) is 19.9 Å². The first-order chi connectivity index (χ1) is 20.3. The number of benzene rings is 2. The molecular formula is C31H29FN4O5S2. The van der Waals surface area contributed by atoms with Gasteiger partial charge in [0.05, 0.1) is 40.3 Å². The molecule has 1 N–H and O–H groups in total. The van der Waals surface area contributed by atoms with Crippen molar-refractivity contribution in [3.63, 3.8) is 0 Å². The molecule has 3 aromatic heterocycles. The molecule has 0 bridgehead atoms. The van der Waals surface area contributed by atoms with Crippen molar-refractivity contribution in [2.75, 3.05) is 24.7 Å². The van der Waals surface area contributed by atoms with E-state index in [1.54, 1.807) is 35.9 Å². The number of hydrogen-bond acceptors (Lipinski definition) is 8. The fourth-order valence-electron chi connectivity index (χ4n) is 5.13. The van der Waals surface area contributed by atoms with E-state index in [2.05, 4.69) is 10.3 Å². The van der Waals surface area contributed by atoms with Crippen LogP contribution in [0.3, 0.4) is 0 Å². The largest absolute Gasteiger partial charge is 0.455 e. The average Bonchev–Trinajstić information content (AvgIpc) is 3.56. The van der Waals surface area contributed by atoms with E-state index in [1.165, 1.54) is 38.4 Å². The first-order valence-corrected chi connectivity index (χ1v) is 16.1. The number of sulfonamides is 1. The maximum absolute atomic E-state index is 13.7. The number of ether oxygens (including phenoxy) is 1. The number of anilines is 1. The van der Waals surface area contributed by atoms with E-state index in [0.717, 1.165) is 31.7 Å². The summed E-state index contributed by atoms with van der Waals surface area (Å²) in [4.78, 5) is 23.6. The summed E-state index contributed by atoms with van der Waals surface area (Å²) in [6, 6.07) is 10.9. The van der Waals surface area contributed by atoms with Gasteiger partial charge < -0.3 is 14.5 Å². The van der Waals surface area contributed by atoms with Crippen molar-refractivity contribution >= 4 is 43.9 Å². The zero-order valence-corrected chi connectivity index (χ0v) is 25.8. The molecule has 0 atom stereocenters. The van der Waals surface area contributed by atoms with Crippen LogP contribution in [0.1, 0.15) is 34.8 Å². The van der Waals surface area contributed by atoms with Gasteiger partial charge in [0.2, 0.25) is 10.0 Å². The van der Waals surface area contributed by atoms with Crippen molar-refractivity contribution in [2.45, 2.75) is 32.5 Å². The summed E-state index contributed by atoms with van der Waals surface area (Å²) in [5, 5.41) is 3.90. The van der Waals surface area contributed by atoms with Gasteiger partial charge in [0.15, 0.2) is 0 Å². The van der Waals surface area contributed by atoms with Gasteiger partial charge in [-0.1, -0.05) is 0 Å². The normalized spacial score (nSPS) is 14.5. The molecule has 1 aliphatic rings. The molecule has 222 valence electrons. The lowest BCUT2D eigenvalue weighted by atomic mass is 9.98. The molecule has 0 radical (unpaired) electrons. The fraction of sp³-hybridized carbons (Fsp3) is 0.258. The maximum atomic E-state index is 13.7. The number of nitrogens with one attached hydrogen (secondary N) is 1. The maximum Gasteiger partial charge on any atom is 0.255 e. The van der Waals surface area contributed by atoms with Gasteiger partial charge in [0.25, 0.3) is 5.91 Å². The lowest BCUT2D eigenvalue weighted by molar-refractivity contribution is -0.0393. The summed E-state index contributed by atoms with van der Waals surface area (Å²) < 4.78 is 52.5. The molecular weight excluding hydrogens is 591 g/mol. The molecule has 1 aliphatic heterocycles. The predicted octanol–water partition coefficient (Wildman–Crippen LogP) is 6.03. The number of halogens is 1. The fourth-order valence-corrected chi connectivity index (χ4v) is 6.62. The molecule has 0 saturated carbocycles. The van der Waals surface area contributed by atoms with E-state index in [4.69, 9.17) is 14.1 Å². The van der Waals surface area contributed by atoms with Gasteiger partial charge in [-0.25, -0.2) is 17.8 Å². The number of carbonyl (C=O) groups excluding carboxylic acids is 1. The lowest BCUT2D eigenvalue weighted by Crippen LogP contribution is -2.31. The van der Waals surface area contributed by atoms with Crippen molar-refractivity contribution in [3.8, 4) is 33.0 Å². The Bertz CT molecular complexity index is 2000. The summed E-state index contributed by atoms with van der Waals surface area (Å²) in [6.07, 6.45) is 5.18. The van der Waals surface area contributed by atoms with Crippen LogP contribution >= 0.6 is 11.3 Å². The zero-order valence-electron chi connectivity index (χ0n) is 24.2. The van der Waals surface area contributed by atoms with Crippen LogP contribution < -0.4 is 9.62 Å². The van der Waals surface area contributed by atoms with Gasteiger partial charge in [-0.2, -0.15) is 0 Å². The number of rotatable bonds is 6. The smallest absolute Gasteiger partial charge is 0.255 e. The first kappa shape index (κ1) is 29.0. The molecule has 0 unspecified atom stereocenters. The number of fused-ring (bicyclic) bond motifs is 2. The van der Waals surface area contributed by atoms with Crippen LogP contribution in [0.4, 0.5) is 10.1 Å². The molecule has 2 aromatic carbocycles. The highest BCUT2D eigenvalue weighted by Crippen LogP contribution is 2.42. The van der Waals surface area contributed by atoms with Gasteiger partial charge in [0, 0.05) is 66.6 Å². The van der Waals surface area contributed by atoms with Gasteiger partial charge in [-0.15, -0.1) is 11.3 Å². The van der Waals surface area contributed by atoms with Crippen LogP contribution in [0.15, 0.2) is 59.3 Å². The first-order valence-electron chi connectivity index (χ1n) is 13.5. The molecule has 6 rings (SSSR count). The van der Waals surface area contributed by atoms with Crippen molar-refractivity contribution < 1.29 is 26.8 Å². The Kier molecular flexibility index (Phi) is 7.10. The lowest BCUT2D eigenvalue weighted by Gasteiger charge is -2.28. The van der Waals surface area contributed by atoms with Gasteiger partial charge in [-0.3, -0.25) is 14.1 Å². The third-order valence-corrected chi connectivity index (χ3v) is 9.78. The quantitative estimate of drug-likeness (QED) is 0.247. The van der Waals surface area contributed by atoms with Crippen LogP contribution in [0, 0.1) is 5.82 Å². The van der Waals surface area contributed by atoms with E-state index >= 15 is 0 Å². The third kappa shape index (κ3) is 5.41. The van der Waals surface area contributed by atoms with E-state index in [-0.39, 0.29) is 16.9 Å². The molecule has 0 aliphatic carbocycles. The Balaban J connectivity index is 1.56. The Morgan fingerprint density at radius 1 is 1.09 bits per heavy atom. The Morgan fingerprint density at radius 2 is 1.81 bits per heavy atom. The van der Waals surface area contributed by atoms with Crippen molar-refractivity contribution in [1.29, 1.82) is 0 Å². The van der Waals surface area contributed by atoms with Crippen LogP contribution in [0.5, 0.6) is 0 Å². The van der Waals surface area contributed by atoms with Crippen molar-refractivity contribution in [2.24, 2.45) is 0 Å². The minimum absolute atomic E-state index is 0.241. The number of hydrogen-bond donors (Lipinski definition) is 1. The Hall–Kier alpha value is -4.13. The SMILES string of the molecule is CNC(=O)c1c(-c2ccc(F)cc2)oc2cc(N(C)S(C)(=O)=O)c(-c3cncc(-c4nc5c(s4)COC(C)(C)C5)c3)cc12. The Morgan fingerprint density at radius 3 is 2.51 bits per heavy atom. The van der Waals surface area contributed by atoms with Crippen LogP contribution in [-0.2, 0) is 27.8 Å². The highest BCUT2D eigenvalue weighted by Gasteiger charge is 2.30. The number of pyridine rings is 1. The molecule has 12 heteroatoms. The summed E-state index contributed by atoms with van der Waals surface area (Å²) in [5.41, 5.74) is 4.02. The number of carbonyl (C=O) groups is 1. The minimum atomic E-state index is -3.69. The number of aromatic nitrogens is 2. The summed E-state index contributed by atoms with van der Waals surface area (Å²) in [7, 11) is -0.720. The van der Waals surface area contributed by atoms with Crippen LogP contribution in [0.25, 0.3) is 44.0 Å². The Labute approximate surface area is 252 Å². The topological polar surface area (TPSA) is 115 Å². The zero-order chi connectivity index (χ0) is 30.7. The number of nitrogens with zero attached hydrogens (tertiary/aromatic N) is 3. The summed E-state index contributed by atoms with van der Waals surface area (Å²) in [5.74, 6) is -0.589. The highest BCUT2D eigenvalue weighted by atomic mass is 32.2.